The highest BCUT2D eigenvalue weighted by molar-refractivity contribution is 8.19. The topological polar surface area (TPSA) is 45.6 Å². The molecule has 0 spiro atoms. The van der Waals surface area contributed by atoms with E-state index in [1.165, 1.54) is 23.1 Å². The molecule has 7 heteroatoms. The van der Waals surface area contributed by atoms with Gasteiger partial charge in [0, 0.05) is 10.4 Å². The molecule has 0 unspecified atom stereocenters. The lowest BCUT2D eigenvalue weighted by atomic mass is 10.2. The van der Waals surface area contributed by atoms with Crippen LogP contribution in [0.2, 0.25) is 5.02 Å². The third kappa shape index (κ3) is 3.98. The molecule has 0 saturated carbocycles. The van der Waals surface area contributed by atoms with E-state index in [1.807, 2.05) is 60.8 Å². The number of amidine groups is 1. The van der Waals surface area contributed by atoms with Crippen molar-refractivity contribution in [3.05, 3.63) is 81.2 Å². The zero-order valence-electron chi connectivity index (χ0n) is 14.3. The van der Waals surface area contributed by atoms with Gasteiger partial charge in [0.1, 0.15) is 0 Å². The van der Waals surface area contributed by atoms with E-state index in [1.54, 1.807) is 17.0 Å². The largest absolute Gasteiger partial charge is 0.271 e. The molecule has 4 nitrogen and oxygen atoms in total. The van der Waals surface area contributed by atoms with Gasteiger partial charge in [0.15, 0.2) is 5.17 Å². The molecule has 1 fully saturated rings. The molecule has 0 bridgehead atoms. The zero-order chi connectivity index (χ0) is 18.8. The van der Waals surface area contributed by atoms with Crippen LogP contribution in [0.3, 0.4) is 0 Å². The first-order valence-electron chi connectivity index (χ1n) is 8.15. The van der Waals surface area contributed by atoms with Gasteiger partial charge in [-0.15, -0.1) is 11.3 Å². The number of thioether (sulfide) groups is 1. The van der Waals surface area contributed by atoms with E-state index in [-0.39, 0.29) is 5.91 Å². The van der Waals surface area contributed by atoms with Crippen LogP contribution in [0.4, 0.5) is 10.8 Å². The number of carbonyl (C=O) groups is 1. The monoisotopic (exact) mass is 411 g/mol. The quantitative estimate of drug-likeness (QED) is 0.503. The predicted octanol–water partition coefficient (Wildman–Crippen LogP) is 5.91. The summed E-state index contributed by atoms with van der Waals surface area (Å²) >= 11 is 8.75. The zero-order valence-corrected chi connectivity index (χ0v) is 16.7. The summed E-state index contributed by atoms with van der Waals surface area (Å²) < 4.78 is 0. The van der Waals surface area contributed by atoms with E-state index in [4.69, 9.17) is 11.6 Å². The molecule has 0 N–H and O–H groups in total. The number of aliphatic imine (C=N–C) groups is 1. The third-order valence-electron chi connectivity index (χ3n) is 3.79. The summed E-state index contributed by atoms with van der Waals surface area (Å²) in [5.41, 5.74) is 2.60. The molecule has 1 aromatic heterocycles. The van der Waals surface area contributed by atoms with E-state index in [9.17, 15) is 4.79 Å². The Balaban J connectivity index is 1.75. The number of aromatic nitrogens is 1. The second-order valence-corrected chi connectivity index (χ2v) is 8.09. The smallest absolute Gasteiger partial charge is 0.268 e. The van der Waals surface area contributed by atoms with Crippen molar-refractivity contribution >= 4 is 62.7 Å². The number of nitrogens with zero attached hydrogens (tertiary/aromatic N) is 3. The molecule has 1 aliphatic rings. The molecule has 1 aliphatic heterocycles. The van der Waals surface area contributed by atoms with Gasteiger partial charge in [0.2, 0.25) is 5.13 Å². The van der Waals surface area contributed by atoms with Gasteiger partial charge in [0.05, 0.1) is 16.3 Å². The number of hydrogen-bond donors (Lipinski definition) is 0. The third-order valence-corrected chi connectivity index (χ3v) is 5.86. The highest BCUT2D eigenvalue weighted by Crippen LogP contribution is 2.37. The van der Waals surface area contributed by atoms with Crippen LogP contribution in [0.5, 0.6) is 0 Å². The molecule has 27 heavy (non-hydrogen) atoms. The molecular weight excluding hydrogens is 398 g/mol. The second-order valence-electron chi connectivity index (χ2n) is 5.80. The Bertz CT molecular complexity index is 1040. The normalized spacial score (nSPS) is 17.3. The van der Waals surface area contributed by atoms with Crippen LogP contribution in [0.15, 0.2) is 69.9 Å². The van der Waals surface area contributed by atoms with Crippen molar-refractivity contribution in [1.82, 2.24) is 4.98 Å². The number of rotatable bonds is 3. The molecule has 0 atom stereocenters. The second kappa shape index (κ2) is 7.68. The van der Waals surface area contributed by atoms with Crippen molar-refractivity contribution in [3.8, 4) is 0 Å². The fourth-order valence-corrected chi connectivity index (χ4v) is 4.37. The predicted molar refractivity (Wildman–Crippen MR) is 115 cm³/mol. The molecule has 1 saturated heterocycles. The number of halogens is 1. The lowest BCUT2D eigenvalue weighted by Gasteiger charge is -2.14. The van der Waals surface area contributed by atoms with E-state index >= 15 is 0 Å². The number of anilines is 1. The molecular formula is C20H14ClN3OS2. The average molecular weight is 412 g/mol. The van der Waals surface area contributed by atoms with Gasteiger partial charge < -0.3 is 0 Å². The lowest BCUT2D eigenvalue weighted by Crippen LogP contribution is -2.28. The van der Waals surface area contributed by atoms with Crippen molar-refractivity contribution in [2.75, 3.05) is 4.90 Å². The van der Waals surface area contributed by atoms with Gasteiger partial charge in [-0.05, 0) is 54.6 Å². The van der Waals surface area contributed by atoms with Gasteiger partial charge in [-0.2, -0.15) is 4.99 Å². The van der Waals surface area contributed by atoms with Crippen LogP contribution in [-0.2, 0) is 4.79 Å². The fraction of sp³-hybridized carbons (Fsp3) is 0.0500. The summed E-state index contributed by atoms with van der Waals surface area (Å²) in [6.07, 6.45) is 1.86. The Kier molecular flexibility index (Phi) is 5.11. The Labute approximate surface area is 170 Å². The summed E-state index contributed by atoms with van der Waals surface area (Å²) in [7, 11) is 0. The Morgan fingerprint density at radius 1 is 1.11 bits per heavy atom. The highest BCUT2D eigenvalue weighted by Gasteiger charge is 2.34. The molecule has 3 aromatic rings. The van der Waals surface area contributed by atoms with Crippen LogP contribution in [-0.4, -0.2) is 16.1 Å². The summed E-state index contributed by atoms with van der Waals surface area (Å²) in [6, 6.07) is 16.9. The first-order chi connectivity index (χ1) is 13.1. The minimum atomic E-state index is -0.104. The fourth-order valence-electron chi connectivity index (χ4n) is 2.54. The van der Waals surface area contributed by atoms with Crippen LogP contribution in [0, 0.1) is 6.92 Å². The van der Waals surface area contributed by atoms with Gasteiger partial charge >= 0.3 is 0 Å². The van der Waals surface area contributed by atoms with Gasteiger partial charge in [0.25, 0.3) is 5.91 Å². The average Bonchev–Trinajstić information content (AvgIpc) is 3.21. The first-order valence-corrected chi connectivity index (χ1v) is 10.2. The number of carbonyl (C=O) groups excluding carboxylic acids is 1. The number of amides is 1. The van der Waals surface area contributed by atoms with E-state index in [0.717, 1.165) is 16.9 Å². The molecule has 1 amide bonds. The van der Waals surface area contributed by atoms with Crippen molar-refractivity contribution in [1.29, 1.82) is 0 Å². The van der Waals surface area contributed by atoms with Crippen LogP contribution >= 0.6 is 34.7 Å². The number of para-hydroxylation sites is 1. The summed E-state index contributed by atoms with van der Waals surface area (Å²) in [5, 5.41) is 3.84. The first kappa shape index (κ1) is 18.0. The minimum absolute atomic E-state index is 0.104. The van der Waals surface area contributed by atoms with Crippen molar-refractivity contribution in [2.24, 2.45) is 4.99 Å². The molecule has 0 radical (unpaired) electrons. The van der Waals surface area contributed by atoms with Crippen LogP contribution in [0.1, 0.15) is 11.3 Å². The van der Waals surface area contributed by atoms with Gasteiger partial charge in [-0.3, -0.25) is 9.69 Å². The minimum Gasteiger partial charge on any atom is -0.268 e. The van der Waals surface area contributed by atoms with Crippen molar-refractivity contribution in [3.63, 3.8) is 0 Å². The Morgan fingerprint density at radius 3 is 2.52 bits per heavy atom. The SMILES string of the molecule is Cc1csc(/N=C2/S/C(=C\c3ccc(Cl)cc3)C(=O)N2c2ccccc2)n1. The van der Waals surface area contributed by atoms with Crippen molar-refractivity contribution in [2.45, 2.75) is 6.92 Å². The molecule has 2 aromatic carbocycles. The van der Waals surface area contributed by atoms with Crippen LogP contribution in [0.25, 0.3) is 6.08 Å². The molecule has 0 aliphatic carbocycles. The number of thiazole rings is 1. The number of aryl methyl sites for hydroxylation is 1. The van der Waals surface area contributed by atoms with E-state index < -0.39 is 0 Å². The van der Waals surface area contributed by atoms with Crippen LogP contribution < -0.4 is 4.90 Å². The summed E-state index contributed by atoms with van der Waals surface area (Å²) in [4.78, 5) is 24.3. The van der Waals surface area contributed by atoms with Crippen molar-refractivity contribution < 1.29 is 4.79 Å². The standard InChI is InChI=1S/C20H14ClN3OS2/c1-13-12-26-19(22-13)23-20-24(16-5-3-2-4-6-16)18(25)17(27-20)11-14-7-9-15(21)10-8-14/h2-12H,1H3/b17-11-,23-20+. The Morgan fingerprint density at radius 2 is 1.85 bits per heavy atom. The number of benzene rings is 2. The molecule has 4 rings (SSSR count). The lowest BCUT2D eigenvalue weighted by molar-refractivity contribution is -0.113. The molecule has 134 valence electrons. The molecule has 2 heterocycles. The highest BCUT2D eigenvalue weighted by atomic mass is 35.5. The van der Waals surface area contributed by atoms with E-state index in [0.29, 0.717) is 20.2 Å². The number of hydrogen-bond acceptors (Lipinski definition) is 5. The van der Waals surface area contributed by atoms with Gasteiger partial charge in [-0.1, -0.05) is 41.9 Å². The maximum atomic E-state index is 13.1. The summed E-state index contributed by atoms with van der Waals surface area (Å²) in [6.45, 7) is 1.92. The van der Waals surface area contributed by atoms with E-state index in [2.05, 4.69) is 9.98 Å². The Hall–Kier alpha value is -2.41. The maximum absolute atomic E-state index is 13.1. The van der Waals surface area contributed by atoms with Gasteiger partial charge in [-0.25, -0.2) is 4.98 Å². The summed E-state index contributed by atoms with van der Waals surface area (Å²) in [5.74, 6) is -0.104. The maximum Gasteiger partial charge on any atom is 0.271 e.